The van der Waals surface area contributed by atoms with E-state index in [1.807, 2.05) is 24.3 Å². The molecule has 2 N–H and O–H groups in total. The van der Waals surface area contributed by atoms with Crippen LogP contribution in [-0.4, -0.2) is 33.7 Å². The van der Waals surface area contributed by atoms with Crippen LogP contribution in [0.5, 0.6) is 0 Å². The van der Waals surface area contributed by atoms with Crippen molar-refractivity contribution in [3.8, 4) is 0 Å². The summed E-state index contributed by atoms with van der Waals surface area (Å²) < 4.78 is 22.5. The summed E-state index contributed by atoms with van der Waals surface area (Å²) in [4.78, 5) is 4.25. The Morgan fingerprint density at radius 2 is 1.77 bits per heavy atom. The van der Waals surface area contributed by atoms with Gasteiger partial charge in [0.15, 0.2) is 15.8 Å². The van der Waals surface area contributed by atoms with E-state index in [1.54, 1.807) is 7.05 Å². The summed E-state index contributed by atoms with van der Waals surface area (Å²) in [6, 6.07) is 8.17. The summed E-state index contributed by atoms with van der Waals surface area (Å²) in [6.07, 6.45) is 6.25. The van der Waals surface area contributed by atoms with E-state index < -0.39 is 9.84 Å². The minimum absolute atomic E-state index is 0.0889. The van der Waals surface area contributed by atoms with Gasteiger partial charge in [-0.25, -0.2) is 8.42 Å². The summed E-state index contributed by atoms with van der Waals surface area (Å²) in [5.74, 6) is 0.915. The first kappa shape index (κ1) is 16.8. The normalized spacial score (nSPS) is 16.7. The van der Waals surface area contributed by atoms with Crippen LogP contribution in [0.1, 0.15) is 36.8 Å². The number of nitrogens with one attached hydrogen (secondary N) is 2. The number of rotatable bonds is 5. The Bertz CT molecular complexity index is 603. The molecule has 1 aromatic carbocycles. The maximum atomic E-state index is 11.3. The zero-order valence-corrected chi connectivity index (χ0v) is 14.1. The highest BCUT2D eigenvalue weighted by molar-refractivity contribution is 7.89. The first-order valence-electron chi connectivity index (χ1n) is 7.69. The van der Waals surface area contributed by atoms with E-state index >= 15 is 0 Å². The first-order valence-corrected chi connectivity index (χ1v) is 9.75. The van der Waals surface area contributed by atoms with E-state index in [2.05, 4.69) is 15.6 Å². The fraction of sp³-hybridized carbons (Fsp3) is 0.562. The van der Waals surface area contributed by atoms with Gasteiger partial charge < -0.3 is 10.6 Å². The van der Waals surface area contributed by atoms with Gasteiger partial charge in [-0.1, -0.05) is 37.1 Å². The van der Waals surface area contributed by atoms with Crippen LogP contribution in [0.4, 0.5) is 0 Å². The molecule has 0 atom stereocenters. The van der Waals surface area contributed by atoms with Crippen molar-refractivity contribution in [1.82, 2.24) is 10.6 Å². The Morgan fingerprint density at radius 3 is 2.32 bits per heavy atom. The summed E-state index contributed by atoms with van der Waals surface area (Å²) >= 11 is 0. The zero-order valence-electron chi connectivity index (χ0n) is 13.3. The van der Waals surface area contributed by atoms with Crippen molar-refractivity contribution in [3.63, 3.8) is 0 Å². The van der Waals surface area contributed by atoms with Gasteiger partial charge in [-0.3, -0.25) is 4.99 Å². The van der Waals surface area contributed by atoms with Gasteiger partial charge >= 0.3 is 0 Å². The highest BCUT2D eigenvalue weighted by atomic mass is 32.2. The second-order valence-corrected chi connectivity index (χ2v) is 8.08. The molecule has 0 saturated heterocycles. The molecule has 1 aromatic rings. The van der Waals surface area contributed by atoms with Crippen LogP contribution in [0.15, 0.2) is 29.3 Å². The zero-order chi connectivity index (χ0) is 16.0. The van der Waals surface area contributed by atoms with Crippen LogP contribution >= 0.6 is 0 Å². The fourth-order valence-corrected chi connectivity index (χ4v) is 3.50. The van der Waals surface area contributed by atoms with Crippen LogP contribution in [-0.2, 0) is 22.1 Å². The van der Waals surface area contributed by atoms with Gasteiger partial charge in [0.05, 0.1) is 5.75 Å². The molecule has 0 amide bonds. The van der Waals surface area contributed by atoms with Crippen molar-refractivity contribution in [3.05, 3.63) is 35.4 Å². The van der Waals surface area contributed by atoms with Gasteiger partial charge in [-0.05, 0) is 24.0 Å². The van der Waals surface area contributed by atoms with Crippen LogP contribution in [0.2, 0.25) is 0 Å². The van der Waals surface area contributed by atoms with Crippen molar-refractivity contribution in [2.45, 2.75) is 44.0 Å². The molecule has 1 fully saturated rings. The second kappa shape index (κ2) is 7.63. The van der Waals surface area contributed by atoms with Gasteiger partial charge in [0.1, 0.15) is 0 Å². The summed E-state index contributed by atoms with van der Waals surface area (Å²) in [6.45, 7) is 0.672. The lowest BCUT2D eigenvalue weighted by atomic mass is 10.1. The number of nitrogens with zero attached hydrogens (tertiary/aromatic N) is 1. The average Bonchev–Trinajstić information content (AvgIpc) is 2.96. The van der Waals surface area contributed by atoms with Gasteiger partial charge in [0.2, 0.25) is 0 Å². The third-order valence-electron chi connectivity index (χ3n) is 3.83. The molecular weight excluding hydrogens is 298 g/mol. The largest absolute Gasteiger partial charge is 0.354 e. The van der Waals surface area contributed by atoms with E-state index in [9.17, 15) is 8.42 Å². The lowest BCUT2D eigenvalue weighted by Crippen LogP contribution is -2.41. The maximum absolute atomic E-state index is 11.3. The molecule has 0 bridgehead atoms. The van der Waals surface area contributed by atoms with Crippen molar-refractivity contribution in [2.24, 2.45) is 4.99 Å². The van der Waals surface area contributed by atoms with E-state index in [-0.39, 0.29) is 5.75 Å². The molecule has 22 heavy (non-hydrogen) atoms. The molecule has 5 nitrogen and oxygen atoms in total. The molecule has 1 saturated carbocycles. The molecular formula is C16H25N3O2S. The lowest BCUT2D eigenvalue weighted by molar-refractivity contribution is 0.601. The first-order chi connectivity index (χ1) is 10.5. The number of hydrogen-bond donors (Lipinski definition) is 2. The highest BCUT2D eigenvalue weighted by Gasteiger charge is 2.15. The monoisotopic (exact) mass is 323 g/mol. The summed E-state index contributed by atoms with van der Waals surface area (Å²) in [7, 11) is -1.20. The molecule has 0 radical (unpaired) electrons. The molecule has 0 spiro atoms. The number of sulfone groups is 1. The second-order valence-electron chi connectivity index (χ2n) is 5.94. The van der Waals surface area contributed by atoms with Crippen molar-refractivity contribution in [1.29, 1.82) is 0 Å². The number of aliphatic imine (C=N–C) groups is 1. The minimum atomic E-state index is -2.98. The number of hydrogen-bond acceptors (Lipinski definition) is 3. The smallest absolute Gasteiger partial charge is 0.191 e. The Labute approximate surface area is 133 Å². The molecule has 0 aliphatic heterocycles. The van der Waals surface area contributed by atoms with E-state index in [0.29, 0.717) is 12.6 Å². The van der Waals surface area contributed by atoms with Crippen LogP contribution in [0.3, 0.4) is 0 Å². The fourth-order valence-electron chi connectivity index (χ4n) is 2.70. The molecule has 1 aliphatic carbocycles. The SMILES string of the molecule is CN=C(NCc1ccc(CS(C)(=O)=O)cc1)NC1CCCC1. The maximum Gasteiger partial charge on any atom is 0.191 e. The van der Waals surface area contributed by atoms with Gasteiger partial charge in [-0.15, -0.1) is 0 Å². The molecule has 0 unspecified atom stereocenters. The van der Waals surface area contributed by atoms with E-state index in [1.165, 1.54) is 31.9 Å². The Morgan fingerprint density at radius 1 is 1.18 bits per heavy atom. The van der Waals surface area contributed by atoms with E-state index in [0.717, 1.165) is 17.1 Å². The highest BCUT2D eigenvalue weighted by Crippen LogP contribution is 2.17. The molecule has 122 valence electrons. The molecule has 6 heteroatoms. The Hall–Kier alpha value is -1.56. The molecule has 2 rings (SSSR count). The summed E-state index contributed by atoms with van der Waals surface area (Å²) in [5.41, 5.74) is 1.92. The minimum Gasteiger partial charge on any atom is -0.354 e. The third kappa shape index (κ3) is 5.67. The molecule has 1 aliphatic rings. The standard InChI is InChI=1S/C16H25N3O2S/c1-17-16(19-15-5-3-4-6-15)18-11-13-7-9-14(10-8-13)12-22(2,20)21/h7-10,15H,3-6,11-12H2,1-2H3,(H2,17,18,19). The third-order valence-corrected chi connectivity index (χ3v) is 4.69. The molecule has 0 aromatic heterocycles. The van der Waals surface area contributed by atoms with Crippen molar-refractivity contribution in [2.75, 3.05) is 13.3 Å². The van der Waals surface area contributed by atoms with Gasteiger partial charge in [0, 0.05) is 25.9 Å². The number of guanidine groups is 1. The molecule has 0 heterocycles. The average molecular weight is 323 g/mol. The van der Waals surface area contributed by atoms with Crippen LogP contribution < -0.4 is 10.6 Å². The van der Waals surface area contributed by atoms with Gasteiger partial charge in [-0.2, -0.15) is 0 Å². The van der Waals surface area contributed by atoms with Crippen LogP contribution in [0, 0.1) is 0 Å². The lowest BCUT2D eigenvalue weighted by Gasteiger charge is -2.17. The number of benzene rings is 1. The predicted octanol–water partition coefficient (Wildman–Crippen LogP) is 1.84. The van der Waals surface area contributed by atoms with E-state index in [4.69, 9.17) is 0 Å². The Balaban J connectivity index is 1.85. The Kier molecular flexibility index (Phi) is 5.83. The topological polar surface area (TPSA) is 70.6 Å². The van der Waals surface area contributed by atoms with Crippen molar-refractivity contribution < 1.29 is 8.42 Å². The van der Waals surface area contributed by atoms with Crippen LogP contribution in [0.25, 0.3) is 0 Å². The van der Waals surface area contributed by atoms with Crippen molar-refractivity contribution >= 4 is 15.8 Å². The van der Waals surface area contributed by atoms with Gasteiger partial charge in [0.25, 0.3) is 0 Å². The summed E-state index contributed by atoms with van der Waals surface area (Å²) in [5, 5.41) is 6.74. The predicted molar refractivity (Wildman–Crippen MR) is 90.6 cm³/mol. The quantitative estimate of drug-likeness (QED) is 0.641.